The molecule has 30 heavy (non-hydrogen) atoms. The van der Waals surface area contributed by atoms with Gasteiger partial charge >= 0.3 is 5.97 Å². The van der Waals surface area contributed by atoms with Gasteiger partial charge < -0.3 is 14.3 Å². The van der Waals surface area contributed by atoms with Gasteiger partial charge in [0.1, 0.15) is 11.7 Å². The van der Waals surface area contributed by atoms with Crippen molar-refractivity contribution in [2.45, 2.75) is 58.5 Å². The number of aryl methyl sites for hydroxylation is 1. The van der Waals surface area contributed by atoms with Crippen molar-refractivity contribution in [1.82, 2.24) is 0 Å². The highest BCUT2D eigenvalue weighted by Gasteiger charge is 2.40. The number of benzene rings is 1. The van der Waals surface area contributed by atoms with Crippen molar-refractivity contribution in [3.8, 4) is 5.95 Å². The molecule has 1 aromatic carbocycles. The number of carboxylic acids is 1. The third-order valence-electron chi connectivity index (χ3n) is 5.80. The maximum Gasteiger partial charge on any atom is 0.330 e. The zero-order chi connectivity index (χ0) is 22.1. The van der Waals surface area contributed by atoms with Crippen LogP contribution in [-0.4, -0.2) is 17.2 Å². The van der Waals surface area contributed by atoms with Gasteiger partial charge in [0, 0.05) is 17.4 Å². The van der Waals surface area contributed by atoms with Crippen molar-refractivity contribution in [1.29, 1.82) is 0 Å². The first kappa shape index (κ1) is 21.6. The van der Waals surface area contributed by atoms with Crippen LogP contribution in [0, 0.1) is 6.92 Å². The summed E-state index contributed by atoms with van der Waals surface area (Å²) in [6.45, 7) is 11.4. The van der Waals surface area contributed by atoms with Gasteiger partial charge in [0.05, 0.1) is 10.9 Å². The lowest BCUT2D eigenvalue weighted by Crippen LogP contribution is -2.38. The molecule has 158 valence electrons. The molecular formula is C25H28O5. The smallest absolute Gasteiger partial charge is 0.330 e. The van der Waals surface area contributed by atoms with E-state index in [9.17, 15) is 9.59 Å². The predicted molar refractivity (Wildman–Crippen MR) is 118 cm³/mol. The first-order chi connectivity index (χ1) is 14.2. The Labute approximate surface area is 176 Å². The number of allylic oxidation sites excluding steroid dienone is 3. The summed E-state index contributed by atoms with van der Waals surface area (Å²) in [7, 11) is 0. The Morgan fingerprint density at radius 2 is 2.10 bits per heavy atom. The van der Waals surface area contributed by atoms with Gasteiger partial charge in [-0.1, -0.05) is 36.8 Å². The first-order valence-electron chi connectivity index (χ1n) is 10.1. The number of carboxylic acid groups (broad SMARTS) is 1. The summed E-state index contributed by atoms with van der Waals surface area (Å²) in [5.74, 6) is -0.648. The Bertz CT molecular complexity index is 1120. The molecule has 0 radical (unpaired) electrons. The van der Waals surface area contributed by atoms with Gasteiger partial charge in [0.2, 0.25) is 5.43 Å². The number of hydrogen-bond acceptors (Lipinski definition) is 4. The molecule has 2 aromatic rings. The minimum atomic E-state index is -0.900. The zero-order valence-corrected chi connectivity index (χ0v) is 18.0. The summed E-state index contributed by atoms with van der Waals surface area (Å²) in [6.07, 6.45) is 7.21. The third-order valence-corrected chi connectivity index (χ3v) is 5.80. The fourth-order valence-corrected chi connectivity index (χ4v) is 3.94. The van der Waals surface area contributed by atoms with E-state index in [1.165, 1.54) is 0 Å². The molecule has 0 saturated carbocycles. The van der Waals surface area contributed by atoms with Crippen molar-refractivity contribution in [3.63, 3.8) is 0 Å². The van der Waals surface area contributed by atoms with Crippen LogP contribution < -0.4 is 10.2 Å². The molecule has 2 unspecified atom stereocenters. The summed E-state index contributed by atoms with van der Waals surface area (Å²) in [6, 6.07) is 5.53. The van der Waals surface area contributed by atoms with Gasteiger partial charge in [0.25, 0.3) is 5.95 Å². The van der Waals surface area contributed by atoms with E-state index < -0.39 is 11.4 Å². The number of rotatable bonds is 6. The van der Waals surface area contributed by atoms with Crippen LogP contribution in [0.1, 0.15) is 51.2 Å². The number of ether oxygens (including phenoxy) is 1. The largest absolute Gasteiger partial charge is 0.478 e. The second-order valence-electron chi connectivity index (χ2n) is 8.27. The number of aliphatic carboxylic acids is 1. The van der Waals surface area contributed by atoms with Crippen molar-refractivity contribution in [3.05, 3.63) is 75.5 Å². The molecule has 0 fully saturated rings. The van der Waals surface area contributed by atoms with Crippen molar-refractivity contribution in [2.75, 3.05) is 0 Å². The molecule has 3 rings (SSSR count). The minimum Gasteiger partial charge on any atom is -0.478 e. The Morgan fingerprint density at radius 1 is 1.37 bits per heavy atom. The van der Waals surface area contributed by atoms with Gasteiger partial charge in [0.15, 0.2) is 0 Å². The molecule has 0 saturated heterocycles. The maximum absolute atomic E-state index is 13.3. The maximum atomic E-state index is 13.3. The van der Waals surface area contributed by atoms with Gasteiger partial charge in [-0.05, 0) is 51.3 Å². The van der Waals surface area contributed by atoms with Gasteiger partial charge in [-0.25, -0.2) is 4.79 Å². The summed E-state index contributed by atoms with van der Waals surface area (Å²) < 4.78 is 12.1. The van der Waals surface area contributed by atoms with E-state index in [2.05, 4.69) is 6.58 Å². The molecule has 1 aromatic heterocycles. The SMILES string of the molecule is C=CC1(C)CC(C=C(C)CCC=C(C)C(=O)O)Oc2oc3cccc(C)c3c(=O)c21. The predicted octanol–water partition coefficient (Wildman–Crippen LogP) is 5.45. The molecule has 0 spiro atoms. The van der Waals surface area contributed by atoms with E-state index in [0.29, 0.717) is 34.9 Å². The van der Waals surface area contributed by atoms with E-state index >= 15 is 0 Å². The summed E-state index contributed by atoms with van der Waals surface area (Å²) in [5.41, 5.74) is 2.68. The van der Waals surface area contributed by atoms with E-state index in [1.807, 2.05) is 39.0 Å². The second-order valence-corrected chi connectivity index (χ2v) is 8.27. The Hall–Kier alpha value is -3.08. The van der Waals surface area contributed by atoms with Crippen LogP contribution >= 0.6 is 0 Å². The van der Waals surface area contributed by atoms with Crippen molar-refractivity contribution in [2.24, 2.45) is 0 Å². The van der Waals surface area contributed by atoms with Gasteiger partial charge in [-0.2, -0.15) is 0 Å². The van der Waals surface area contributed by atoms with Crippen LogP contribution in [0.25, 0.3) is 11.0 Å². The van der Waals surface area contributed by atoms with Crippen LogP contribution in [0.15, 0.2) is 63.4 Å². The van der Waals surface area contributed by atoms with Crippen LogP contribution in [0.5, 0.6) is 5.95 Å². The lowest BCUT2D eigenvalue weighted by molar-refractivity contribution is -0.132. The normalized spacial score (nSPS) is 21.8. The Kier molecular flexibility index (Phi) is 6.01. The van der Waals surface area contributed by atoms with Crippen LogP contribution in [0.2, 0.25) is 0 Å². The minimum absolute atomic E-state index is 0.0693. The fourth-order valence-electron chi connectivity index (χ4n) is 3.94. The lowest BCUT2D eigenvalue weighted by atomic mass is 9.76. The van der Waals surface area contributed by atoms with Crippen molar-refractivity contribution >= 4 is 16.9 Å². The van der Waals surface area contributed by atoms with Gasteiger partial charge in [-0.15, -0.1) is 6.58 Å². The molecule has 2 atom stereocenters. The third kappa shape index (κ3) is 4.11. The van der Waals surface area contributed by atoms with E-state index in [4.69, 9.17) is 14.3 Å². The van der Waals surface area contributed by atoms with Crippen LogP contribution in [0.3, 0.4) is 0 Å². The van der Waals surface area contributed by atoms with Crippen LogP contribution in [0.4, 0.5) is 0 Å². The highest BCUT2D eigenvalue weighted by atomic mass is 16.6. The zero-order valence-electron chi connectivity index (χ0n) is 18.0. The molecule has 1 aliphatic heterocycles. The molecule has 5 heteroatoms. The number of hydrogen-bond donors (Lipinski definition) is 1. The molecule has 2 heterocycles. The second kappa shape index (κ2) is 8.34. The van der Waals surface area contributed by atoms with Crippen LogP contribution in [-0.2, 0) is 10.2 Å². The Balaban J connectivity index is 1.94. The molecule has 0 aliphatic carbocycles. The lowest BCUT2D eigenvalue weighted by Gasteiger charge is -2.35. The molecule has 5 nitrogen and oxygen atoms in total. The monoisotopic (exact) mass is 408 g/mol. The first-order valence-corrected chi connectivity index (χ1v) is 10.1. The average Bonchev–Trinajstić information content (AvgIpc) is 2.67. The van der Waals surface area contributed by atoms with Crippen molar-refractivity contribution < 1.29 is 19.1 Å². The Morgan fingerprint density at radius 3 is 2.77 bits per heavy atom. The molecule has 0 bridgehead atoms. The quantitative estimate of drug-likeness (QED) is 0.508. The van der Waals surface area contributed by atoms with Gasteiger partial charge in [-0.3, -0.25) is 4.79 Å². The van der Waals surface area contributed by atoms with E-state index in [-0.39, 0.29) is 17.5 Å². The summed E-state index contributed by atoms with van der Waals surface area (Å²) >= 11 is 0. The standard InChI is InChI=1S/C25H28O5/c1-6-25(5)14-18(13-15(2)9-7-11-17(4)23(27)28)29-24-21(25)22(26)20-16(3)10-8-12-19(20)30-24/h6,8,10-13,18H,1,7,9,14H2,2-5H3,(H,27,28). The molecule has 1 N–H and O–H groups in total. The molecule has 0 amide bonds. The highest BCUT2D eigenvalue weighted by molar-refractivity contribution is 5.85. The number of fused-ring (bicyclic) bond motifs is 2. The summed E-state index contributed by atoms with van der Waals surface area (Å²) in [5, 5.41) is 9.53. The molecule has 1 aliphatic rings. The number of carbonyl (C=O) groups is 1. The fraction of sp³-hybridized carbons (Fsp3) is 0.360. The molecular weight excluding hydrogens is 380 g/mol. The average molecular weight is 408 g/mol. The highest BCUT2D eigenvalue weighted by Crippen LogP contribution is 2.42. The summed E-state index contributed by atoms with van der Waals surface area (Å²) in [4.78, 5) is 24.2. The van der Waals surface area contributed by atoms with E-state index in [0.717, 1.165) is 17.6 Å². The van der Waals surface area contributed by atoms with E-state index in [1.54, 1.807) is 25.1 Å². The topological polar surface area (TPSA) is 76.7 Å².